The van der Waals surface area contributed by atoms with E-state index < -0.39 is 6.11 Å². The molecule has 4 heteroatoms. The molecule has 0 spiro atoms. The Kier molecular flexibility index (Phi) is 3.41. The summed E-state index contributed by atoms with van der Waals surface area (Å²) in [7, 11) is 1.79. The fraction of sp³-hybridized carbons (Fsp3) is 0.400. The molecule has 0 saturated heterocycles. The third kappa shape index (κ3) is 3.70. The minimum absolute atomic E-state index is 0.185. The van der Waals surface area contributed by atoms with Crippen molar-refractivity contribution in [2.24, 2.45) is 0 Å². The quantitative estimate of drug-likeness (QED) is 0.807. The van der Waals surface area contributed by atoms with Crippen LogP contribution in [0.2, 0.25) is 0 Å². The van der Waals surface area contributed by atoms with Gasteiger partial charge in [-0.25, -0.2) is 0 Å². The molecule has 0 aliphatic rings. The Balaban J connectivity index is 2.73. The molecule has 0 radical (unpaired) electrons. The van der Waals surface area contributed by atoms with Crippen molar-refractivity contribution >= 4 is 0 Å². The Labute approximate surface area is 81.9 Å². The summed E-state index contributed by atoms with van der Waals surface area (Å²) < 4.78 is 29.4. The van der Waals surface area contributed by atoms with E-state index in [1.54, 1.807) is 19.2 Å². The van der Waals surface area contributed by atoms with Gasteiger partial charge in [-0.05, 0) is 24.7 Å². The smallest absolute Gasteiger partial charge is 0.394 e. The van der Waals surface area contributed by atoms with Gasteiger partial charge in [0.05, 0.1) is 0 Å². The van der Waals surface area contributed by atoms with Crippen LogP contribution in [-0.4, -0.2) is 13.2 Å². The Morgan fingerprint density at radius 3 is 2.71 bits per heavy atom. The zero-order valence-electron chi connectivity index (χ0n) is 8.18. The van der Waals surface area contributed by atoms with Gasteiger partial charge in [0.15, 0.2) is 0 Å². The summed E-state index contributed by atoms with van der Waals surface area (Å²) in [5, 5.41) is 2.93. The van der Waals surface area contributed by atoms with Crippen LogP contribution in [0.1, 0.15) is 12.5 Å². The van der Waals surface area contributed by atoms with E-state index in [0.29, 0.717) is 6.54 Å². The number of rotatable bonds is 4. The molecule has 1 N–H and O–H groups in total. The fourth-order valence-corrected chi connectivity index (χ4v) is 1.13. The summed E-state index contributed by atoms with van der Waals surface area (Å²) >= 11 is 0. The standard InChI is InChI=1S/C10H13F2NO/c1-10(11,12)14-9-5-3-4-8(6-9)7-13-2/h3-6,13H,7H2,1-2H3. The van der Waals surface area contributed by atoms with Gasteiger partial charge in [-0.3, -0.25) is 0 Å². The summed E-state index contributed by atoms with van der Waals surface area (Å²) in [5.74, 6) is 0.185. The minimum atomic E-state index is -3.13. The SMILES string of the molecule is CNCc1cccc(OC(C)(F)F)c1. The number of alkyl halides is 2. The molecule has 14 heavy (non-hydrogen) atoms. The molecule has 0 aromatic heterocycles. The van der Waals surface area contributed by atoms with Crippen LogP contribution >= 0.6 is 0 Å². The Bertz CT molecular complexity index is 296. The summed E-state index contributed by atoms with van der Waals surface area (Å²) in [6, 6.07) is 6.63. The van der Waals surface area contributed by atoms with Crippen molar-refractivity contribution in [3.63, 3.8) is 0 Å². The van der Waals surface area contributed by atoms with Gasteiger partial charge in [0.25, 0.3) is 0 Å². The molecule has 0 aliphatic carbocycles. The van der Waals surface area contributed by atoms with Crippen LogP contribution in [0, 0.1) is 0 Å². The van der Waals surface area contributed by atoms with Gasteiger partial charge in [0.1, 0.15) is 5.75 Å². The van der Waals surface area contributed by atoms with Crippen LogP contribution < -0.4 is 10.1 Å². The van der Waals surface area contributed by atoms with Gasteiger partial charge in [-0.2, -0.15) is 8.78 Å². The van der Waals surface area contributed by atoms with Crippen LogP contribution in [-0.2, 0) is 6.54 Å². The molecule has 0 bridgehead atoms. The van der Waals surface area contributed by atoms with Gasteiger partial charge in [0.2, 0.25) is 0 Å². The number of hydrogen-bond donors (Lipinski definition) is 1. The highest BCUT2D eigenvalue weighted by atomic mass is 19.3. The lowest BCUT2D eigenvalue weighted by molar-refractivity contribution is -0.158. The molecule has 78 valence electrons. The van der Waals surface area contributed by atoms with Gasteiger partial charge in [0, 0.05) is 13.5 Å². The van der Waals surface area contributed by atoms with E-state index in [2.05, 4.69) is 10.1 Å². The monoisotopic (exact) mass is 201 g/mol. The average Bonchev–Trinajstić information content (AvgIpc) is 2.02. The van der Waals surface area contributed by atoms with Crippen LogP contribution in [0.25, 0.3) is 0 Å². The summed E-state index contributed by atoms with van der Waals surface area (Å²) in [5.41, 5.74) is 0.911. The zero-order chi connectivity index (χ0) is 10.6. The van der Waals surface area contributed by atoms with Gasteiger partial charge >= 0.3 is 6.11 Å². The third-order valence-corrected chi connectivity index (χ3v) is 1.58. The number of benzene rings is 1. The van der Waals surface area contributed by atoms with Crippen LogP contribution in [0.3, 0.4) is 0 Å². The first kappa shape index (κ1) is 10.9. The van der Waals surface area contributed by atoms with Crippen molar-refractivity contribution in [3.05, 3.63) is 29.8 Å². The maximum absolute atomic E-state index is 12.5. The van der Waals surface area contributed by atoms with E-state index in [0.717, 1.165) is 12.5 Å². The molecule has 1 aromatic rings. The summed E-state index contributed by atoms with van der Waals surface area (Å²) in [6.45, 7) is 1.35. The predicted octanol–water partition coefficient (Wildman–Crippen LogP) is 2.40. The van der Waals surface area contributed by atoms with E-state index in [4.69, 9.17) is 0 Å². The van der Waals surface area contributed by atoms with Crippen molar-refractivity contribution in [2.75, 3.05) is 7.05 Å². The first-order chi connectivity index (χ1) is 6.51. The lowest BCUT2D eigenvalue weighted by Gasteiger charge is -2.13. The van der Waals surface area contributed by atoms with E-state index in [1.165, 1.54) is 6.07 Å². The molecule has 0 fully saturated rings. The molecule has 0 saturated carbocycles. The van der Waals surface area contributed by atoms with E-state index >= 15 is 0 Å². The number of halogens is 2. The Morgan fingerprint density at radius 2 is 2.14 bits per heavy atom. The van der Waals surface area contributed by atoms with Crippen LogP contribution in [0.5, 0.6) is 5.75 Å². The van der Waals surface area contributed by atoms with Gasteiger partial charge in [-0.1, -0.05) is 12.1 Å². The molecule has 1 aromatic carbocycles. The van der Waals surface area contributed by atoms with E-state index in [1.807, 2.05) is 6.07 Å². The largest absolute Gasteiger partial charge is 0.433 e. The van der Waals surface area contributed by atoms with Gasteiger partial charge < -0.3 is 10.1 Å². The van der Waals surface area contributed by atoms with Crippen molar-refractivity contribution in [1.82, 2.24) is 5.32 Å². The molecule has 2 nitrogen and oxygen atoms in total. The third-order valence-electron chi connectivity index (χ3n) is 1.58. The number of ether oxygens (including phenoxy) is 1. The molecule has 0 heterocycles. The Morgan fingerprint density at radius 1 is 1.43 bits per heavy atom. The normalized spacial score (nSPS) is 11.4. The maximum atomic E-state index is 12.5. The van der Waals surface area contributed by atoms with E-state index in [-0.39, 0.29) is 5.75 Å². The summed E-state index contributed by atoms with van der Waals surface area (Å²) in [4.78, 5) is 0. The van der Waals surface area contributed by atoms with Crippen molar-refractivity contribution < 1.29 is 13.5 Å². The second-order valence-corrected chi connectivity index (χ2v) is 3.09. The molecular weight excluding hydrogens is 188 g/mol. The average molecular weight is 201 g/mol. The molecule has 0 atom stereocenters. The molecule has 0 amide bonds. The highest BCUT2D eigenvalue weighted by molar-refractivity contribution is 5.28. The molecule has 1 rings (SSSR count). The van der Waals surface area contributed by atoms with Crippen molar-refractivity contribution in [3.8, 4) is 5.75 Å². The first-order valence-electron chi connectivity index (χ1n) is 4.31. The molecule has 0 unspecified atom stereocenters. The van der Waals surface area contributed by atoms with Gasteiger partial charge in [-0.15, -0.1) is 0 Å². The fourth-order valence-electron chi connectivity index (χ4n) is 1.13. The number of nitrogens with one attached hydrogen (secondary N) is 1. The highest BCUT2D eigenvalue weighted by Crippen LogP contribution is 2.21. The second-order valence-electron chi connectivity index (χ2n) is 3.09. The highest BCUT2D eigenvalue weighted by Gasteiger charge is 2.22. The van der Waals surface area contributed by atoms with Crippen molar-refractivity contribution in [2.45, 2.75) is 19.6 Å². The lowest BCUT2D eigenvalue weighted by atomic mass is 10.2. The maximum Gasteiger partial charge on any atom is 0.394 e. The van der Waals surface area contributed by atoms with E-state index in [9.17, 15) is 8.78 Å². The second kappa shape index (κ2) is 4.37. The topological polar surface area (TPSA) is 21.3 Å². The zero-order valence-corrected chi connectivity index (χ0v) is 8.18. The Hall–Kier alpha value is -1.16. The number of hydrogen-bond acceptors (Lipinski definition) is 2. The molecule has 0 aliphatic heterocycles. The van der Waals surface area contributed by atoms with Crippen LogP contribution in [0.15, 0.2) is 24.3 Å². The first-order valence-corrected chi connectivity index (χ1v) is 4.31. The molecular formula is C10H13F2NO. The predicted molar refractivity (Wildman–Crippen MR) is 50.5 cm³/mol. The van der Waals surface area contributed by atoms with Crippen LogP contribution in [0.4, 0.5) is 8.78 Å². The summed E-state index contributed by atoms with van der Waals surface area (Å²) in [6.07, 6.45) is -3.13. The minimum Gasteiger partial charge on any atom is -0.433 e. The van der Waals surface area contributed by atoms with Crippen molar-refractivity contribution in [1.29, 1.82) is 0 Å². The lowest BCUT2D eigenvalue weighted by Crippen LogP contribution is -2.19.